The molecule has 0 bridgehead atoms. The maximum absolute atomic E-state index is 9.72. The van der Waals surface area contributed by atoms with Gasteiger partial charge in [0, 0.05) is 12.4 Å². The van der Waals surface area contributed by atoms with E-state index in [1.54, 1.807) is 12.1 Å². The van der Waals surface area contributed by atoms with Crippen LogP contribution in [-0.4, -0.2) is 43.1 Å². The van der Waals surface area contributed by atoms with Gasteiger partial charge in [0.05, 0.1) is 0 Å². The highest BCUT2D eigenvalue weighted by atomic mass is 35.5. The van der Waals surface area contributed by atoms with Crippen LogP contribution in [0, 0.1) is 0 Å². The zero-order chi connectivity index (χ0) is 21.3. The zero-order valence-electron chi connectivity index (χ0n) is 17.5. The molecule has 0 saturated carbocycles. The minimum atomic E-state index is 0.254. The largest absolute Gasteiger partial charge is 0.508 e. The smallest absolute Gasteiger partial charge is 0.119 e. The summed E-state index contributed by atoms with van der Waals surface area (Å²) in [6, 6.07) is 25.9. The molecule has 0 atom stereocenters. The van der Waals surface area contributed by atoms with E-state index in [9.17, 15) is 5.11 Å². The van der Waals surface area contributed by atoms with Gasteiger partial charge in [-0.1, -0.05) is 54.6 Å². The highest BCUT2D eigenvalue weighted by Crippen LogP contribution is 2.35. The first-order chi connectivity index (χ1) is 14.6. The van der Waals surface area contributed by atoms with Crippen molar-refractivity contribution in [3.63, 3.8) is 0 Å². The van der Waals surface area contributed by atoms with E-state index in [0.717, 1.165) is 46.6 Å². The Morgan fingerprint density at radius 2 is 1.43 bits per heavy atom. The Kier molecular flexibility index (Phi) is 7.95. The summed E-state index contributed by atoms with van der Waals surface area (Å²) in [6.07, 6.45) is 0.720. The third kappa shape index (κ3) is 5.88. The van der Waals surface area contributed by atoms with E-state index in [2.05, 4.69) is 29.2 Å². The summed E-state index contributed by atoms with van der Waals surface area (Å²) < 4.78 is 5.86. The van der Waals surface area contributed by atoms with E-state index in [0.29, 0.717) is 12.5 Å². The molecule has 0 radical (unpaired) electrons. The van der Waals surface area contributed by atoms with Crippen LogP contribution in [0.4, 0.5) is 0 Å². The average molecular weight is 422 g/mol. The first-order valence-corrected chi connectivity index (χ1v) is 10.6. The van der Waals surface area contributed by atoms with Crippen LogP contribution < -0.4 is 4.74 Å². The number of phenols is 1. The summed E-state index contributed by atoms with van der Waals surface area (Å²) in [6.45, 7) is 1.52. The number of hydrogen-bond donors (Lipinski definition) is 1. The van der Waals surface area contributed by atoms with Crippen molar-refractivity contribution in [1.82, 2.24) is 4.90 Å². The summed E-state index contributed by atoms with van der Waals surface area (Å²) in [7, 11) is 4.07. The lowest BCUT2D eigenvalue weighted by atomic mass is 9.88. The highest BCUT2D eigenvalue weighted by molar-refractivity contribution is 6.18. The van der Waals surface area contributed by atoms with Crippen molar-refractivity contribution in [1.29, 1.82) is 0 Å². The molecule has 30 heavy (non-hydrogen) atoms. The lowest BCUT2D eigenvalue weighted by Gasteiger charge is -2.17. The standard InChI is InChI=1S/C26H28ClNO2/c1-28(2)18-19-30-24-14-10-22(11-15-24)26(21-6-4-3-5-7-21)25(16-17-27)20-8-12-23(29)13-9-20/h3-15,29H,16-19H2,1-2H3/b26-25+. The monoisotopic (exact) mass is 421 g/mol. The van der Waals surface area contributed by atoms with Crippen molar-refractivity contribution >= 4 is 22.7 Å². The van der Waals surface area contributed by atoms with Gasteiger partial charge in [-0.05, 0) is 72.6 Å². The summed E-state index contributed by atoms with van der Waals surface area (Å²) in [5, 5.41) is 9.72. The van der Waals surface area contributed by atoms with Gasteiger partial charge in [0.1, 0.15) is 18.1 Å². The number of rotatable bonds is 9. The molecule has 1 N–H and O–H groups in total. The van der Waals surface area contributed by atoms with Gasteiger partial charge in [0.2, 0.25) is 0 Å². The number of ether oxygens (including phenoxy) is 1. The van der Waals surface area contributed by atoms with Crippen LogP contribution in [0.1, 0.15) is 23.1 Å². The first-order valence-electron chi connectivity index (χ1n) is 10.1. The van der Waals surface area contributed by atoms with E-state index in [1.807, 2.05) is 56.6 Å². The number of allylic oxidation sites excluding steroid dienone is 1. The Balaban J connectivity index is 2.04. The molecule has 3 aromatic rings. The van der Waals surface area contributed by atoms with E-state index in [1.165, 1.54) is 0 Å². The van der Waals surface area contributed by atoms with Crippen molar-refractivity contribution in [2.75, 3.05) is 33.1 Å². The molecule has 0 aliphatic heterocycles. The molecule has 0 aromatic heterocycles. The molecule has 3 rings (SSSR count). The highest BCUT2D eigenvalue weighted by Gasteiger charge is 2.14. The third-order valence-electron chi connectivity index (χ3n) is 4.87. The van der Waals surface area contributed by atoms with Crippen LogP contribution in [0.25, 0.3) is 11.1 Å². The molecule has 3 aromatic carbocycles. The molecule has 0 saturated heterocycles. The maximum Gasteiger partial charge on any atom is 0.119 e. The van der Waals surface area contributed by atoms with Crippen molar-refractivity contribution in [2.24, 2.45) is 0 Å². The van der Waals surface area contributed by atoms with Gasteiger partial charge >= 0.3 is 0 Å². The Labute approximate surface area is 184 Å². The quantitative estimate of drug-likeness (QED) is 0.344. The molecule has 0 unspecified atom stereocenters. The Hall–Kier alpha value is -2.75. The predicted molar refractivity (Wildman–Crippen MR) is 126 cm³/mol. The summed E-state index contributed by atoms with van der Waals surface area (Å²) in [4.78, 5) is 2.10. The number of phenolic OH excluding ortho intramolecular Hbond substituents is 1. The molecule has 0 spiro atoms. The van der Waals surface area contributed by atoms with Gasteiger partial charge in [0.15, 0.2) is 0 Å². The van der Waals surface area contributed by atoms with Gasteiger partial charge in [-0.2, -0.15) is 0 Å². The Bertz CT molecular complexity index is 949. The van der Waals surface area contributed by atoms with Crippen molar-refractivity contribution in [3.8, 4) is 11.5 Å². The molecule has 0 aliphatic carbocycles. The SMILES string of the molecule is CN(C)CCOc1ccc(/C(=C(\CCCl)c2ccc(O)cc2)c2ccccc2)cc1. The molecule has 156 valence electrons. The van der Waals surface area contributed by atoms with E-state index in [-0.39, 0.29) is 5.75 Å². The molecule has 0 heterocycles. The number of likely N-dealkylation sites (N-methyl/N-ethyl adjacent to an activating group) is 1. The molecule has 4 heteroatoms. The third-order valence-corrected chi connectivity index (χ3v) is 5.06. The number of hydrogen-bond acceptors (Lipinski definition) is 3. The van der Waals surface area contributed by atoms with Gasteiger partial charge in [0.25, 0.3) is 0 Å². The molecular weight excluding hydrogens is 394 g/mol. The van der Waals surface area contributed by atoms with Gasteiger partial charge in [-0.3, -0.25) is 0 Å². The number of halogens is 1. The second-order valence-corrected chi connectivity index (χ2v) is 7.76. The molecule has 0 fully saturated rings. The van der Waals surface area contributed by atoms with Crippen molar-refractivity contribution in [3.05, 3.63) is 95.6 Å². The van der Waals surface area contributed by atoms with Crippen LogP contribution in [0.5, 0.6) is 11.5 Å². The number of benzene rings is 3. The molecule has 3 nitrogen and oxygen atoms in total. The Morgan fingerprint density at radius 3 is 2.03 bits per heavy atom. The molecule has 0 aliphatic rings. The van der Waals surface area contributed by atoms with Crippen molar-refractivity contribution in [2.45, 2.75) is 6.42 Å². The van der Waals surface area contributed by atoms with Crippen LogP contribution in [0.2, 0.25) is 0 Å². The van der Waals surface area contributed by atoms with Crippen molar-refractivity contribution < 1.29 is 9.84 Å². The Morgan fingerprint density at radius 1 is 0.833 bits per heavy atom. The minimum absolute atomic E-state index is 0.254. The zero-order valence-corrected chi connectivity index (χ0v) is 18.3. The van der Waals surface area contributed by atoms with Gasteiger partial charge < -0.3 is 14.7 Å². The summed E-state index contributed by atoms with van der Waals surface area (Å²) in [5.41, 5.74) is 5.58. The maximum atomic E-state index is 9.72. The molecule has 0 amide bonds. The fourth-order valence-electron chi connectivity index (χ4n) is 3.35. The fraction of sp³-hybridized carbons (Fsp3) is 0.231. The van der Waals surface area contributed by atoms with Crippen LogP contribution >= 0.6 is 11.6 Å². The number of alkyl halides is 1. The number of aromatic hydroxyl groups is 1. The minimum Gasteiger partial charge on any atom is -0.508 e. The van der Waals surface area contributed by atoms with Gasteiger partial charge in [-0.25, -0.2) is 0 Å². The number of nitrogens with zero attached hydrogens (tertiary/aromatic N) is 1. The first kappa shape index (κ1) is 21.9. The van der Waals surface area contributed by atoms with Crippen LogP contribution in [0.15, 0.2) is 78.9 Å². The summed E-state index contributed by atoms with van der Waals surface area (Å²) in [5.74, 6) is 1.62. The van der Waals surface area contributed by atoms with Crippen LogP contribution in [-0.2, 0) is 0 Å². The normalized spacial score (nSPS) is 12.0. The molecular formula is C26H28ClNO2. The van der Waals surface area contributed by atoms with Crippen LogP contribution in [0.3, 0.4) is 0 Å². The second-order valence-electron chi connectivity index (χ2n) is 7.38. The van der Waals surface area contributed by atoms with E-state index < -0.39 is 0 Å². The van der Waals surface area contributed by atoms with Gasteiger partial charge in [-0.15, -0.1) is 11.6 Å². The lowest BCUT2D eigenvalue weighted by molar-refractivity contribution is 0.261. The summed E-state index contributed by atoms with van der Waals surface area (Å²) >= 11 is 6.20. The topological polar surface area (TPSA) is 32.7 Å². The average Bonchev–Trinajstić information content (AvgIpc) is 2.76. The predicted octanol–water partition coefficient (Wildman–Crippen LogP) is 5.92. The van der Waals surface area contributed by atoms with E-state index in [4.69, 9.17) is 16.3 Å². The van der Waals surface area contributed by atoms with E-state index >= 15 is 0 Å². The lowest BCUT2D eigenvalue weighted by Crippen LogP contribution is -2.19. The second kappa shape index (κ2) is 10.9. The fourth-order valence-corrected chi connectivity index (χ4v) is 3.54.